The zero-order chi connectivity index (χ0) is 19.0. The summed E-state index contributed by atoms with van der Waals surface area (Å²) in [5.41, 5.74) is 1.39. The summed E-state index contributed by atoms with van der Waals surface area (Å²) in [6, 6.07) is 6.66. The first kappa shape index (κ1) is 18.0. The summed E-state index contributed by atoms with van der Waals surface area (Å²) in [7, 11) is 0. The first-order chi connectivity index (χ1) is 12.3. The Morgan fingerprint density at radius 2 is 1.96 bits per heavy atom. The zero-order valence-corrected chi connectivity index (χ0v) is 15.1. The molecule has 2 aliphatic heterocycles. The number of nitrogens with zero attached hydrogens (tertiary/aromatic N) is 1. The molecule has 0 bridgehead atoms. The Balaban J connectivity index is 1.84. The molecule has 0 spiro atoms. The molecule has 3 atom stereocenters. The van der Waals surface area contributed by atoms with Crippen LogP contribution in [0.15, 0.2) is 35.6 Å². The minimum Gasteiger partial charge on any atom is -0.511 e. The van der Waals surface area contributed by atoms with Gasteiger partial charge in [-0.1, -0.05) is 19.1 Å². The molecule has 7 heteroatoms. The summed E-state index contributed by atoms with van der Waals surface area (Å²) >= 11 is 0. The molecule has 1 unspecified atom stereocenters. The molecule has 2 heterocycles. The van der Waals surface area contributed by atoms with Crippen LogP contribution in [0, 0.1) is 5.92 Å². The van der Waals surface area contributed by atoms with E-state index in [9.17, 15) is 19.5 Å². The predicted molar refractivity (Wildman–Crippen MR) is 96.4 cm³/mol. The molecule has 2 aliphatic rings. The van der Waals surface area contributed by atoms with Gasteiger partial charge in [0.2, 0.25) is 5.91 Å². The summed E-state index contributed by atoms with van der Waals surface area (Å²) in [4.78, 5) is 38.3. The van der Waals surface area contributed by atoms with Crippen LogP contribution in [-0.4, -0.2) is 46.4 Å². The van der Waals surface area contributed by atoms with Gasteiger partial charge in [0.1, 0.15) is 11.3 Å². The Morgan fingerprint density at radius 1 is 1.31 bits per heavy atom. The topological polar surface area (TPSA) is 98.7 Å². The van der Waals surface area contributed by atoms with Gasteiger partial charge in [-0.15, -0.1) is 0 Å². The number of hydrogen-bond acceptors (Lipinski definition) is 4. The lowest BCUT2D eigenvalue weighted by atomic mass is 9.90. The number of benzene rings is 1. The second-order valence-corrected chi connectivity index (χ2v) is 6.78. The van der Waals surface area contributed by atoms with Crippen molar-refractivity contribution in [1.82, 2.24) is 10.2 Å². The van der Waals surface area contributed by atoms with E-state index in [4.69, 9.17) is 0 Å². The Labute approximate surface area is 152 Å². The fraction of sp³-hybridized carbons (Fsp3) is 0.421. The highest BCUT2D eigenvalue weighted by molar-refractivity contribution is 6.23. The Kier molecular flexibility index (Phi) is 4.71. The number of aliphatic hydroxyl groups is 1. The number of rotatable bonds is 3. The van der Waals surface area contributed by atoms with Crippen LogP contribution in [0.1, 0.15) is 26.3 Å². The molecule has 7 nitrogen and oxygen atoms in total. The number of fused-ring (bicyclic) bond motifs is 1. The summed E-state index contributed by atoms with van der Waals surface area (Å²) in [6.45, 7) is 5.57. The Morgan fingerprint density at radius 3 is 2.54 bits per heavy atom. The number of anilines is 1. The van der Waals surface area contributed by atoms with E-state index < -0.39 is 23.8 Å². The molecule has 0 radical (unpaired) electrons. The fourth-order valence-corrected chi connectivity index (χ4v) is 3.68. The van der Waals surface area contributed by atoms with Crippen LogP contribution in [0.2, 0.25) is 0 Å². The molecule has 0 aliphatic carbocycles. The van der Waals surface area contributed by atoms with Crippen molar-refractivity contribution in [2.24, 2.45) is 5.92 Å². The van der Waals surface area contributed by atoms with Crippen LogP contribution in [0.5, 0.6) is 0 Å². The molecule has 3 rings (SSSR count). The Bertz CT molecular complexity index is 784. The average molecular weight is 357 g/mol. The maximum Gasteiger partial charge on any atom is 0.264 e. The van der Waals surface area contributed by atoms with E-state index in [2.05, 4.69) is 10.6 Å². The summed E-state index contributed by atoms with van der Waals surface area (Å²) in [5.74, 6) is -2.14. The van der Waals surface area contributed by atoms with E-state index in [1.54, 1.807) is 17.0 Å². The summed E-state index contributed by atoms with van der Waals surface area (Å²) < 4.78 is 0. The lowest BCUT2D eigenvalue weighted by Crippen LogP contribution is -2.51. The zero-order valence-electron chi connectivity index (χ0n) is 15.1. The van der Waals surface area contributed by atoms with Crippen molar-refractivity contribution in [1.29, 1.82) is 0 Å². The molecule has 1 saturated heterocycles. The van der Waals surface area contributed by atoms with Gasteiger partial charge in [0.05, 0.1) is 12.0 Å². The highest BCUT2D eigenvalue weighted by Crippen LogP contribution is 2.33. The molecule has 26 heavy (non-hydrogen) atoms. The number of likely N-dealkylation sites (tertiary alicyclic amines) is 1. The maximum atomic E-state index is 12.6. The van der Waals surface area contributed by atoms with Crippen LogP contribution in [0.4, 0.5) is 5.69 Å². The molecule has 3 amide bonds. The van der Waals surface area contributed by atoms with Crippen molar-refractivity contribution in [2.45, 2.75) is 39.3 Å². The Hall–Kier alpha value is -2.83. The number of aryl methyl sites for hydroxylation is 1. The van der Waals surface area contributed by atoms with Gasteiger partial charge >= 0.3 is 0 Å². The molecule has 1 aromatic carbocycles. The predicted octanol–water partition coefficient (Wildman–Crippen LogP) is 1.36. The van der Waals surface area contributed by atoms with E-state index in [0.717, 1.165) is 12.0 Å². The highest BCUT2D eigenvalue weighted by Gasteiger charge is 2.48. The number of carbonyl (C=O) groups excluding carboxylic acids is 3. The molecule has 0 saturated carbocycles. The summed E-state index contributed by atoms with van der Waals surface area (Å²) in [6.07, 6.45) is 0.885. The van der Waals surface area contributed by atoms with Crippen LogP contribution in [-0.2, 0) is 20.8 Å². The third-order valence-electron chi connectivity index (χ3n) is 5.22. The van der Waals surface area contributed by atoms with Gasteiger partial charge in [-0.25, -0.2) is 0 Å². The van der Waals surface area contributed by atoms with Crippen molar-refractivity contribution < 1.29 is 19.5 Å². The van der Waals surface area contributed by atoms with Gasteiger partial charge in [0.15, 0.2) is 0 Å². The average Bonchev–Trinajstić information content (AvgIpc) is 2.93. The largest absolute Gasteiger partial charge is 0.511 e. The van der Waals surface area contributed by atoms with E-state index in [1.165, 1.54) is 6.92 Å². The van der Waals surface area contributed by atoms with Gasteiger partial charge in [-0.3, -0.25) is 14.4 Å². The number of carbonyl (C=O) groups is 3. The number of aliphatic hydroxyl groups excluding tert-OH is 1. The molecule has 0 aromatic heterocycles. The van der Waals surface area contributed by atoms with Crippen LogP contribution in [0.3, 0.4) is 0 Å². The smallest absolute Gasteiger partial charge is 0.264 e. The molecule has 3 N–H and O–H groups in total. The van der Waals surface area contributed by atoms with E-state index in [-0.39, 0.29) is 29.8 Å². The van der Waals surface area contributed by atoms with Gasteiger partial charge in [-0.05, 0) is 31.0 Å². The number of hydrogen-bond donors (Lipinski definition) is 3. The van der Waals surface area contributed by atoms with E-state index in [1.807, 2.05) is 26.0 Å². The first-order valence-corrected chi connectivity index (χ1v) is 8.75. The van der Waals surface area contributed by atoms with E-state index in [0.29, 0.717) is 5.69 Å². The van der Waals surface area contributed by atoms with E-state index >= 15 is 0 Å². The van der Waals surface area contributed by atoms with Gasteiger partial charge in [0, 0.05) is 25.2 Å². The van der Waals surface area contributed by atoms with Crippen LogP contribution < -0.4 is 10.6 Å². The SMILES string of the molecule is CCc1ccc(NC(=O)C2=C(O)[C@H]3CN(C(C)=O)C(C)[C@@H]3NC2=O)cc1. The molecule has 1 fully saturated rings. The number of nitrogens with one attached hydrogen (secondary N) is 2. The normalized spacial score (nSPS) is 25.0. The van der Waals surface area contributed by atoms with Crippen molar-refractivity contribution in [2.75, 3.05) is 11.9 Å². The third-order valence-corrected chi connectivity index (χ3v) is 5.22. The van der Waals surface area contributed by atoms with Crippen LogP contribution >= 0.6 is 0 Å². The second-order valence-electron chi connectivity index (χ2n) is 6.78. The van der Waals surface area contributed by atoms with Gasteiger partial charge in [-0.2, -0.15) is 0 Å². The molecular weight excluding hydrogens is 334 g/mol. The lowest BCUT2D eigenvalue weighted by Gasteiger charge is -2.29. The maximum absolute atomic E-state index is 12.6. The van der Waals surface area contributed by atoms with Gasteiger partial charge in [0.25, 0.3) is 11.8 Å². The highest BCUT2D eigenvalue weighted by atomic mass is 16.3. The summed E-state index contributed by atoms with van der Waals surface area (Å²) in [5, 5.41) is 16.0. The van der Waals surface area contributed by atoms with Gasteiger partial charge < -0.3 is 20.6 Å². The third kappa shape index (κ3) is 3.05. The molecule has 1 aromatic rings. The second kappa shape index (κ2) is 6.82. The van der Waals surface area contributed by atoms with Crippen molar-refractivity contribution in [3.05, 3.63) is 41.2 Å². The van der Waals surface area contributed by atoms with Crippen molar-refractivity contribution in [3.8, 4) is 0 Å². The number of amides is 3. The van der Waals surface area contributed by atoms with Crippen molar-refractivity contribution in [3.63, 3.8) is 0 Å². The molecule has 138 valence electrons. The fourth-order valence-electron chi connectivity index (χ4n) is 3.68. The minimum absolute atomic E-state index is 0.129. The lowest BCUT2D eigenvalue weighted by molar-refractivity contribution is -0.130. The minimum atomic E-state index is -0.656. The quantitative estimate of drug-likeness (QED) is 0.712. The molecular formula is C19H23N3O4. The monoisotopic (exact) mass is 357 g/mol. The standard InChI is InChI=1S/C19H23N3O4/c1-4-12-5-7-13(8-6-12)20-18(25)15-17(24)14-9-22(11(3)23)10(2)16(14)21-19(15)26/h5-8,10,14,16,24H,4,9H2,1-3H3,(H,20,25)(H,21,26)/t10?,14-,16-/m0/s1. The van der Waals surface area contributed by atoms with Crippen LogP contribution in [0.25, 0.3) is 0 Å². The first-order valence-electron chi connectivity index (χ1n) is 8.75. The van der Waals surface area contributed by atoms with Crippen molar-refractivity contribution >= 4 is 23.4 Å².